The topological polar surface area (TPSA) is 26.3 Å². The van der Waals surface area contributed by atoms with Crippen LogP contribution in [-0.2, 0) is 4.74 Å². The Hall–Kier alpha value is -1.31. The second-order valence-corrected chi connectivity index (χ2v) is 3.91. The molecular formula is C12H14O2. The molecular weight excluding hydrogens is 176 g/mol. The fraction of sp³-hybridized carbons (Fsp3) is 0.417. The van der Waals surface area contributed by atoms with E-state index >= 15 is 0 Å². The first-order chi connectivity index (χ1) is 6.75. The molecule has 0 atom stereocenters. The summed E-state index contributed by atoms with van der Waals surface area (Å²) in [5.41, 5.74) is 1.81. The Kier molecular flexibility index (Phi) is 2.53. The molecule has 1 aromatic rings. The highest BCUT2D eigenvalue weighted by atomic mass is 16.5. The Bertz CT molecular complexity index is 323. The number of carbonyl (C=O) groups is 1. The van der Waals surface area contributed by atoms with Crippen LogP contribution in [-0.4, -0.2) is 12.6 Å². The smallest absolute Gasteiger partial charge is 0.338 e. The predicted octanol–water partition coefficient (Wildman–Crippen LogP) is 2.56. The third-order valence-electron chi connectivity index (χ3n) is 2.43. The third-order valence-corrected chi connectivity index (χ3v) is 2.43. The SMILES string of the molecule is Cc1ccc(C(=O)OCC2CC2)cc1. The van der Waals surface area contributed by atoms with E-state index < -0.39 is 0 Å². The second kappa shape index (κ2) is 3.82. The van der Waals surface area contributed by atoms with Crippen LogP contribution < -0.4 is 0 Å². The number of benzene rings is 1. The van der Waals surface area contributed by atoms with Gasteiger partial charge >= 0.3 is 5.97 Å². The van der Waals surface area contributed by atoms with Crippen LogP contribution in [0, 0.1) is 12.8 Å². The maximum atomic E-state index is 11.5. The van der Waals surface area contributed by atoms with Crippen molar-refractivity contribution in [2.45, 2.75) is 19.8 Å². The molecule has 0 unspecified atom stereocenters. The van der Waals surface area contributed by atoms with Gasteiger partial charge in [-0.2, -0.15) is 0 Å². The van der Waals surface area contributed by atoms with Crippen molar-refractivity contribution in [2.24, 2.45) is 5.92 Å². The standard InChI is InChI=1S/C12H14O2/c1-9-2-6-11(7-3-9)12(13)14-8-10-4-5-10/h2-3,6-7,10H,4-5,8H2,1H3. The van der Waals surface area contributed by atoms with Crippen molar-refractivity contribution in [3.8, 4) is 0 Å². The molecule has 2 nitrogen and oxygen atoms in total. The molecule has 0 amide bonds. The summed E-state index contributed by atoms with van der Waals surface area (Å²) in [6.45, 7) is 2.59. The Labute approximate surface area is 83.9 Å². The van der Waals surface area contributed by atoms with Crippen molar-refractivity contribution in [3.05, 3.63) is 35.4 Å². The van der Waals surface area contributed by atoms with Gasteiger partial charge in [-0.3, -0.25) is 0 Å². The zero-order chi connectivity index (χ0) is 9.97. The lowest BCUT2D eigenvalue weighted by Gasteiger charge is -2.03. The van der Waals surface area contributed by atoms with E-state index in [-0.39, 0.29) is 5.97 Å². The molecule has 74 valence electrons. The van der Waals surface area contributed by atoms with E-state index in [1.807, 2.05) is 31.2 Å². The van der Waals surface area contributed by atoms with E-state index in [2.05, 4.69) is 0 Å². The van der Waals surface area contributed by atoms with Gasteiger partial charge in [-0.15, -0.1) is 0 Å². The monoisotopic (exact) mass is 190 g/mol. The lowest BCUT2D eigenvalue weighted by molar-refractivity contribution is 0.0486. The summed E-state index contributed by atoms with van der Waals surface area (Å²) in [6.07, 6.45) is 2.42. The largest absolute Gasteiger partial charge is 0.462 e. The van der Waals surface area contributed by atoms with Crippen LogP contribution in [0.1, 0.15) is 28.8 Å². The molecule has 0 saturated heterocycles. The van der Waals surface area contributed by atoms with Gasteiger partial charge < -0.3 is 4.74 Å². The van der Waals surface area contributed by atoms with E-state index in [0.717, 1.165) is 5.56 Å². The van der Waals surface area contributed by atoms with Crippen molar-refractivity contribution >= 4 is 5.97 Å². The average molecular weight is 190 g/mol. The molecule has 0 radical (unpaired) electrons. The summed E-state index contributed by atoms with van der Waals surface area (Å²) < 4.78 is 5.15. The highest BCUT2D eigenvalue weighted by molar-refractivity contribution is 5.89. The lowest BCUT2D eigenvalue weighted by atomic mass is 10.1. The fourth-order valence-corrected chi connectivity index (χ4v) is 1.25. The molecule has 14 heavy (non-hydrogen) atoms. The molecule has 0 aromatic heterocycles. The molecule has 1 aromatic carbocycles. The van der Waals surface area contributed by atoms with Gasteiger partial charge in [0, 0.05) is 0 Å². The summed E-state index contributed by atoms with van der Waals surface area (Å²) in [7, 11) is 0. The minimum atomic E-state index is -0.197. The molecule has 2 heteroatoms. The van der Waals surface area contributed by atoms with Gasteiger partial charge in [-0.1, -0.05) is 17.7 Å². The number of aryl methyl sites for hydroxylation is 1. The normalized spacial score (nSPS) is 15.2. The predicted molar refractivity (Wildman–Crippen MR) is 54.2 cm³/mol. The highest BCUT2D eigenvalue weighted by Crippen LogP contribution is 2.29. The summed E-state index contributed by atoms with van der Waals surface area (Å²) in [5, 5.41) is 0. The Morgan fingerprint density at radius 2 is 2.00 bits per heavy atom. The van der Waals surface area contributed by atoms with Crippen LogP contribution >= 0.6 is 0 Å². The van der Waals surface area contributed by atoms with Gasteiger partial charge in [-0.05, 0) is 37.8 Å². The van der Waals surface area contributed by atoms with Gasteiger partial charge in [-0.25, -0.2) is 4.79 Å². The molecule has 1 fully saturated rings. The summed E-state index contributed by atoms with van der Waals surface area (Å²) in [4.78, 5) is 11.5. The molecule has 1 saturated carbocycles. The molecule has 0 heterocycles. The number of hydrogen-bond donors (Lipinski definition) is 0. The number of hydrogen-bond acceptors (Lipinski definition) is 2. The molecule has 1 aliphatic carbocycles. The number of ether oxygens (including phenoxy) is 1. The molecule has 1 aliphatic rings. The van der Waals surface area contributed by atoms with Crippen molar-refractivity contribution in [1.29, 1.82) is 0 Å². The fourth-order valence-electron chi connectivity index (χ4n) is 1.25. The minimum Gasteiger partial charge on any atom is -0.462 e. The van der Waals surface area contributed by atoms with Crippen molar-refractivity contribution in [3.63, 3.8) is 0 Å². The van der Waals surface area contributed by atoms with E-state index in [0.29, 0.717) is 18.1 Å². The van der Waals surface area contributed by atoms with Crippen LogP contribution in [0.2, 0.25) is 0 Å². The van der Waals surface area contributed by atoms with Crippen molar-refractivity contribution in [1.82, 2.24) is 0 Å². The number of carbonyl (C=O) groups excluding carboxylic acids is 1. The average Bonchev–Trinajstić information content (AvgIpc) is 2.99. The highest BCUT2D eigenvalue weighted by Gasteiger charge is 2.23. The number of rotatable bonds is 3. The van der Waals surface area contributed by atoms with Crippen LogP contribution in [0.25, 0.3) is 0 Å². The van der Waals surface area contributed by atoms with Crippen molar-refractivity contribution < 1.29 is 9.53 Å². The minimum absolute atomic E-state index is 0.197. The quantitative estimate of drug-likeness (QED) is 0.685. The molecule has 2 rings (SSSR count). The zero-order valence-corrected chi connectivity index (χ0v) is 8.32. The van der Waals surface area contributed by atoms with E-state index in [1.54, 1.807) is 0 Å². The van der Waals surface area contributed by atoms with Crippen LogP contribution in [0.4, 0.5) is 0 Å². The van der Waals surface area contributed by atoms with E-state index in [9.17, 15) is 4.79 Å². The Morgan fingerprint density at radius 3 is 2.57 bits per heavy atom. The molecule has 0 bridgehead atoms. The van der Waals surface area contributed by atoms with Crippen LogP contribution in [0.5, 0.6) is 0 Å². The van der Waals surface area contributed by atoms with Crippen molar-refractivity contribution in [2.75, 3.05) is 6.61 Å². The van der Waals surface area contributed by atoms with E-state index in [1.165, 1.54) is 12.8 Å². The summed E-state index contributed by atoms with van der Waals surface area (Å²) >= 11 is 0. The summed E-state index contributed by atoms with van der Waals surface area (Å²) in [5.74, 6) is 0.432. The van der Waals surface area contributed by atoms with Gasteiger partial charge in [0.2, 0.25) is 0 Å². The second-order valence-electron chi connectivity index (χ2n) is 3.91. The number of esters is 1. The molecule has 0 N–H and O–H groups in total. The summed E-state index contributed by atoms with van der Waals surface area (Å²) in [6, 6.07) is 7.47. The first kappa shape index (κ1) is 9.25. The Morgan fingerprint density at radius 1 is 1.36 bits per heavy atom. The van der Waals surface area contributed by atoms with Gasteiger partial charge in [0.1, 0.15) is 0 Å². The van der Waals surface area contributed by atoms with Gasteiger partial charge in [0.15, 0.2) is 0 Å². The molecule has 0 aliphatic heterocycles. The third kappa shape index (κ3) is 2.34. The molecule has 0 spiro atoms. The van der Waals surface area contributed by atoms with Gasteiger partial charge in [0.05, 0.1) is 12.2 Å². The van der Waals surface area contributed by atoms with E-state index in [4.69, 9.17) is 4.74 Å². The Balaban J connectivity index is 1.92. The maximum Gasteiger partial charge on any atom is 0.338 e. The maximum absolute atomic E-state index is 11.5. The zero-order valence-electron chi connectivity index (χ0n) is 8.32. The van der Waals surface area contributed by atoms with Crippen LogP contribution in [0.3, 0.4) is 0 Å². The first-order valence-corrected chi connectivity index (χ1v) is 4.99. The van der Waals surface area contributed by atoms with Crippen LogP contribution in [0.15, 0.2) is 24.3 Å². The van der Waals surface area contributed by atoms with Gasteiger partial charge in [0.25, 0.3) is 0 Å². The lowest BCUT2D eigenvalue weighted by Crippen LogP contribution is -2.07. The first-order valence-electron chi connectivity index (χ1n) is 4.99.